The van der Waals surface area contributed by atoms with Crippen LogP contribution in [-0.4, -0.2) is 16.8 Å². The fourth-order valence-electron chi connectivity index (χ4n) is 6.83. The molecule has 0 unspecified atom stereocenters. The van der Waals surface area contributed by atoms with Crippen LogP contribution >= 0.6 is 0 Å². The maximum Gasteiger partial charge on any atom is 0.241 e. The fourth-order valence-corrected chi connectivity index (χ4v) is 10.7. The summed E-state index contributed by atoms with van der Waals surface area (Å²) in [5.41, 5.74) is 6.46. The van der Waals surface area contributed by atoms with Gasteiger partial charge in [0.15, 0.2) is 0 Å². The van der Waals surface area contributed by atoms with Crippen molar-refractivity contribution in [1.29, 1.82) is 0 Å². The molecule has 52 heavy (non-hydrogen) atoms. The van der Waals surface area contributed by atoms with Gasteiger partial charge in [0.25, 0.3) is 0 Å². The Morgan fingerprint density at radius 1 is 0.365 bits per heavy atom. The topological polar surface area (TPSA) is 92.3 Å². The Morgan fingerprint density at radius 2 is 0.615 bits per heavy atom. The third kappa shape index (κ3) is 9.25. The van der Waals surface area contributed by atoms with Gasteiger partial charge in [0.1, 0.15) is 0 Å². The van der Waals surface area contributed by atoms with Crippen molar-refractivity contribution in [2.24, 2.45) is 0 Å². The highest BCUT2D eigenvalue weighted by molar-refractivity contribution is 7.90. The van der Waals surface area contributed by atoms with Crippen LogP contribution in [0.5, 0.6) is 0 Å². The van der Waals surface area contributed by atoms with Gasteiger partial charge in [0.05, 0.1) is 21.9 Å². The smallest absolute Gasteiger partial charge is 0.207 e. The molecule has 0 saturated heterocycles. The van der Waals surface area contributed by atoms with Gasteiger partial charge in [-0.2, -0.15) is 0 Å². The summed E-state index contributed by atoms with van der Waals surface area (Å²) in [6.45, 7) is 24.6. The van der Waals surface area contributed by atoms with Gasteiger partial charge in [-0.15, -0.1) is 0 Å². The van der Waals surface area contributed by atoms with Gasteiger partial charge < -0.3 is 0 Å². The number of benzene rings is 4. The second-order valence-electron chi connectivity index (χ2n) is 16.0. The zero-order valence-electron chi connectivity index (χ0n) is 33.2. The van der Waals surface area contributed by atoms with E-state index in [0.29, 0.717) is 11.1 Å². The molecule has 0 heterocycles. The number of hydrogen-bond donors (Lipinski definition) is 2. The molecule has 8 heteroatoms. The lowest BCUT2D eigenvalue weighted by Gasteiger charge is -2.32. The molecule has 0 aliphatic rings. The number of hydrogen-bond acceptors (Lipinski definition) is 4. The van der Waals surface area contributed by atoms with Crippen molar-refractivity contribution in [1.82, 2.24) is 9.44 Å². The Balaban J connectivity index is 2.01. The van der Waals surface area contributed by atoms with Crippen LogP contribution in [-0.2, 0) is 20.0 Å². The van der Waals surface area contributed by atoms with E-state index in [4.69, 9.17) is 0 Å². The summed E-state index contributed by atoms with van der Waals surface area (Å²) >= 11 is 0. The van der Waals surface area contributed by atoms with Crippen molar-refractivity contribution in [3.63, 3.8) is 0 Å². The van der Waals surface area contributed by atoms with Gasteiger partial charge in [-0.05, 0) is 80.0 Å². The van der Waals surface area contributed by atoms with Gasteiger partial charge in [-0.1, -0.05) is 168 Å². The molecule has 6 nitrogen and oxygen atoms in total. The third-order valence-corrected chi connectivity index (χ3v) is 13.1. The van der Waals surface area contributed by atoms with Gasteiger partial charge in [0.2, 0.25) is 20.0 Å². The molecule has 0 radical (unpaired) electrons. The predicted octanol–water partition coefficient (Wildman–Crippen LogP) is 11.2. The van der Waals surface area contributed by atoms with E-state index in [1.165, 1.54) is 0 Å². The summed E-state index contributed by atoms with van der Waals surface area (Å²) in [6.07, 6.45) is 0. The molecule has 2 N–H and O–H groups in total. The lowest BCUT2D eigenvalue weighted by atomic mass is 9.89. The lowest BCUT2D eigenvalue weighted by Crippen LogP contribution is -2.41. The van der Waals surface area contributed by atoms with Crippen LogP contribution in [0.2, 0.25) is 0 Å². The minimum atomic E-state index is -4.22. The lowest BCUT2D eigenvalue weighted by molar-refractivity contribution is 0.464. The molecule has 0 aliphatic heterocycles. The van der Waals surface area contributed by atoms with Crippen molar-refractivity contribution in [3.05, 3.63) is 129 Å². The SMILES string of the molecule is CC(C)c1cc(C(C)C)c(S(=O)(=O)N[C@@H](c2ccccc2)[C@@H](NS(=O)(=O)c2c(C(C)C)cc(C(C)C)cc2C(C)C)c2ccccc2)c(C(C)C)c1. The summed E-state index contributed by atoms with van der Waals surface area (Å²) in [4.78, 5) is 0.539. The van der Waals surface area contributed by atoms with Crippen LogP contribution in [0.25, 0.3) is 0 Å². The minimum Gasteiger partial charge on any atom is -0.207 e. The fraction of sp³-hybridized carbons (Fsp3) is 0.455. The van der Waals surface area contributed by atoms with E-state index in [1.807, 2.05) is 140 Å². The number of rotatable bonds is 15. The monoisotopic (exact) mass is 744 g/mol. The van der Waals surface area contributed by atoms with Gasteiger partial charge in [-0.3, -0.25) is 0 Å². The molecule has 282 valence electrons. The molecule has 0 saturated carbocycles. The Morgan fingerprint density at radius 3 is 0.827 bits per heavy atom. The van der Waals surface area contributed by atoms with Crippen molar-refractivity contribution in [3.8, 4) is 0 Å². The first kappa shape index (κ1) is 41.5. The largest absolute Gasteiger partial charge is 0.241 e. The van der Waals surface area contributed by atoms with Crippen LogP contribution < -0.4 is 9.44 Å². The highest BCUT2D eigenvalue weighted by atomic mass is 32.2. The summed E-state index contributed by atoms with van der Waals surface area (Å²) in [6, 6.07) is 24.6. The highest BCUT2D eigenvalue weighted by Crippen LogP contribution is 2.40. The van der Waals surface area contributed by atoms with Gasteiger partial charge >= 0.3 is 0 Å². The van der Waals surface area contributed by atoms with Gasteiger partial charge in [0, 0.05) is 0 Å². The van der Waals surface area contributed by atoms with Crippen molar-refractivity contribution in [2.45, 2.75) is 140 Å². The minimum absolute atomic E-state index is 0.0703. The average molecular weight is 745 g/mol. The standard InChI is InChI=1S/C44H60N2O4S2/c1-27(2)35-23-37(29(5)6)43(38(24-35)30(7)8)51(47,48)45-41(33-19-15-13-16-20-33)42(34-21-17-14-18-22-34)46-52(49,50)44-39(31(9)10)25-36(28(3)4)26-40(44)32(11)12/h13-32,41-42,45-46H,1-12H3/t41-,42-/m0/s1. The summed E-state index contributed by atoms with van der Waals surface area (Å²) in [7, 11) is -8.44. The number of sulfonamides is 2. The molecule has 0 bridgehead atoms. The predicted molar refractivity (Wildman–Crippen MR) is 216 cm³/mol. The van der Waals surface area contributed by atoms with Gasteiger partial charge in [-0.25, -0.2) is 26.3 Å². The van der Waals surface area contributed by atoms with E-state index >= 15 is 16.8 Å². The second-order valence-corrected chi connectivity index (χ2v) is 19.3. The first-order valence-electron chi connectivity index (χ1n) is 18.8. The Kier molecular flexibility index (Phi) is 13.4. The molecule has 0 spiro atoms. The maximum atomic E-state index is 15.0. The molecule has 4 aromatic rings. The van der Waals surface area contributed by atoms with Crippen molar-refractivity contribution in [2.75, 3.05) is 0 Å². The van der Waals surface area contributed by atoms with E-state index in [0.717, 1.165) is 33.4 Å². The van der Waals surface area contributed by atoms with Crippen LogP contribution in [0.1, 0.15) is 175 Å². The van der Waals surface area contributed by atoms with E-state index in [1.54, 1.807) is 0 Å². The molecule has 2 atom stereocenters. The van der Waals surface area contributed by atoms with Crippen LogP contribution in [0.4, 0.5) is 0 Å². The molecular formula is C44H60N2O4S2. The summed E-state index contributed by atoms with van der Waals surface area (Å²) in [5, 5.41) is 0. The van der Waals surface area contributed by atoms with E-state index in [-0.39, 0.29) is 45.3 Å². The molecule has 4 rings (SSSR count). The molecule has 0 fully saturated rings. The zero-order chi connectivity index (χ0) is 38.7. The summed E-state index contributed by atoms with van der Waals surface area (Å²) in [5.74, 6) is 0.154. The zero-order valence-corrected chi connectivity index (χ0v) is 34.8. The average Bonchev–Trinajstić information content (AvgIpc) is 3.09. The first-order chi connectivity index (χ1) is 24.3. The van der Waals surface area contributed by atoms with Crippen LogP contribution in [0, 0.1) is 0 Å². The van der Waals surface area contributed by atoms with E-state index in [9.17, 15) is 0 Å². The van der Waals surface area contributed by atoms with Crippen molar-refractivity contribution < 1.29 is 16.8 Å². The molecule has 0 aliphatic carbocycles. The third-order valence-electron chi connectivity index (χ3n) is 9.91. The number of nitrogens with one attached hydrogen (secondary N) is 2. The Hall–Kier alpha value is -3.30. The van der Waals surface area contributed by atoms with Crippen molar-refractivity contribution >= 4 is 20.0 Å². The molecule has 0 amide bonds. The summed E-state index contributed by atoms with van der Waals surface area (Å²) < 4.78 is 66.2. The van der Waals surface area contributed by atoms with Crippen LogP contribution in [0.15, 0.2) is 94.7 Å². The highest BCUT2D eigenvalue weighted by Gasteiger charge is 2.37. The normalized spacial score (nSPS) is 14.0. The van der Waals surface area contributed by atoms with Crippen LogP contribution in [0.3, 0.4) is 0 Å². The van der Waals surface area contributed by atoms with E-state index < -0.39 is 32.1 Å². The Labute approximate surface area is 315 Å². The Bertz CT molecular complexity index is 1830. The molecule has 4 aromatic carbocycles. The maximum absolute atomic E-state index is 15.0. The van der Waals surface area contributed by atoms with E-state index in [2.05, 4.69) is 37.1 Å². The molecule has 0 aromatic heterocycles. The molecular weight excluding hydrogens is 685 g/mol. The second kappa shape index (κ2) is 16.8. The first-order valence-corrected chi connectivity index (χ1v) is 21.7. The quantitative estimate of drug-likeness (QED) is 0.127.